The summed E-state index contributed by atoms with van der Waals surface area (Å²) in [6.45, 7) is 1.64. The average molecular weight is 268 g/mol. The predicted octanol–water partition coefficient (Wildman–Crippen LogP) is 3.11. The van der Waals surface area contributed by atoms with Crippen LogP contribution in [0.25, 0.3) is 0 Å². The van der Waals surface area contributed by atoms with Gasteiger partial charge >= 0.3 is 0 Å². The van der Waals surface area contributed by atoms with Crippen LogP contribution >= 0.6 is 0 Å². The highest BCUT2D eigenvalue weighted by molar-refractivity contribution is 5.96. The zero-order valence-electron chi connectivity index (χ0n) is 11.2. The number of rotatable bonds is 3. The van der Waals surface area contributed by atoms with Crippen LogP contribution in [0.2, 0.25) is 0 Å². The minimum absolute atomic E-state index is 0.00142. The Kier molecular flexibility index (Phi) is 3.63. The normalized spacial score (nSPS) is 14.3. The van der Waals surface area contributed by atoms with Crippen molar-refractivity contribution in [3.63, 3.8) is 0 Å². The van der Waals surface area contributed by atoms with E-state index in [4.69, 9.17) is 4.74 Å². The monoisotopic (exact) mass is 268 g/mol. The van der Waals surface area contributed by atoms with Gasteiger partial charge in [0, 0.05) is 19.3 Å². The third kappa shape index (κ3) is 2.64. The van der Waals surface area contributed by atoms with Crippen molar-refractivity contribution in [1.29, 1.82) is 0 Å². The topological polar surface area (TPSA) is 42.4 Å². The number of amides is 1. The molecule has 1 amide bonds. The van der Waals surface area contributed by atoms with Crippen LogP contribution in [0, 0.1) is 0 Å². The Labute approximate surface area is 118 Å². The van der Waals surface area contributed by atoms with Gasteiger partial charge in [0.1, 0.15) is 11.3 Å². The summed E-state index contributed by atoms with van der Waals surface area (Å²) >= 11 is 0. The lowest BCUT2D eigenvalue weighted by atomic mass is 10.2. The van der Waals surface area contributed by atoms with E-state index in [0.717, 1.165) is 25.9 Å². The van der Waals surface area contributed by atoms with Gasteiger partial charge in [0.15, 0.2) is 0 Å². The minimum atomic E-state index is 0.00142. The van der Waals surface area contributed by atoms with Gasteiger partial charge in [-0.3, -0.25) is 4.79 Å². The molecule has 2 aromatic rings. The van der Waals surface area contributed by atoms with E-state index in [1.807, 2.05) is 35.2 Å². The van der Waals surface area contributed by atoms with E-state index < -0.39 is 0 Å². The van der Waals surface area contributed by atoms with Gasteiger partial charge in [0.2, 0.25) is 5.88 Å². The van der Waals surface area contributed by atoms with E-state index >= 15 is 0 Å². The number of carbonyl (C=O) groups is 1. The minimum Gasteiger partial charge on any atom is -0.438 e. The Hall–Kier alpha value is -2.36. The van der Waals surface area contributed by atoms with E-state index in [2.05, 4.69) is 4.98 Å². The third-order valence-electron chi connectivity index (χ3n) is 3.35. The molecule has 102 valence electrons. The van der Waals surface area contributed by atoms with Gasteiger partial charge in [-0.1, -0.05) is 18.2 Å². The molecule has 0 spiro atoms. The molecule has 4 heteroatoms. The summed E-state index contributed by atoms with van der Waals surface area (Å²) in [5.41, 5.74) is 0.526. The molecule has 1 fully saturated rings. The van der Waals surface area contributed by atoms with Gasteiger partial charge in [-0.25, -0.2) is 4.98 Å². The van der Waals surface area contributed by atoms with Crippen molar-refractivity contribution >= 4 is 5.91 Å². The lowest BCUT2D eigenvalue weighted by Gasteiger charge is -2.16. The van der Waals surface area contributed by atoms with Crippen LogP contribution in [0.3, 0.4) is 0 Å². The molecule has 1 saturated heterocycles. The number of nitrogens with zero attached hydrogens (tertiary/aromatic N) is 2. The Balaban J connectivity index is 1.86. The molecule has 1 aliphatic heterocycles. The first-order valence-electron chi connectivity index (χ1n) is 6.82. The second-order valence-electron chi connectivity index (χ2n) is 4.77. The Morgan fingerprint density at radius 1 is 1.05 bits per heavy atom. The van der Waals surface area contributed by atoms with Crippen LogP contribution in [0.4, 0.5) is 0 Å². The first kappa shape index (κ1) is 12.7. The van der Waals surface area contributed by atoms with E-state index in [1.165, 1.54) is 0 Å². The van der Waals surface area contributed by atoms with Crippen LogP contribution < -0.4 is 4.74 Å². The number of pyridine rings is 1. The first-order valence-corrected chi connectivity index (χ1v) is 6.82. The maximum absolute atomic E-state index is 12.5. The fourth-order valence-electron chi connectivity index (χ4n) is 2.33. The van der Waals surface area contributed by atoms with Gasteiger partial charge in [0.25, 0.3) is 5.91 Å². The van der Waals surface area contributed by atoms with Crippen molar-refractivity contribution in [2.75, 3.05) is 13.1 Å². The number of hydrogen-bond donors (Lipinski definition) is 0. The highest BCUT2D eigenvalue weighted by Gasteiger charge is 2.23. The smallest absolute Gasteiger partial charge is 0.259 e. The second kappa shape index (κ2) is 5.74. The summed E-state index contributed by atoms with van der Waals surface area (Å²) in [6, 6.07) is 12.9. The number of hydrogen-bond acceptors (Lipinski definition) is 3. The lowest BCUT2D eigenvalue weighted by molar-refractivity contribution is 0.0789. The summed E-state index contributed by atoms with van der Waals surface area (Å²) in [6.07, 6.45) is 3.78. The van der Waals surface area contributed by atoms with Gasteiger partial charge in [-0.15, -0.1) is 0 Å². The van der Waals surface area contributed by atoms with Crippen LogP contribution in [-0.2, 0) is 0 Å². The number of carbonyl (C=O) groups excluding carboxylic acids is 1. The fourth-order valence-corrected chi connectivity index (χ4v) is 2.33. The predicted molar refractivity (Wildman–Crippen MR) is 75.9 cm³/mol. The molecule has 1 aromatic carbocycles. The van der Waals surface area contributed by atoms with E-state index in [9.17, 15) is 4.79 Å². The standard InChI is InChI=1S/C16H16N2O2/c19-16(18-11-4-5-12-18)14-9-6-10-17-15(14)20-13-7-2-1-3-8-13/h1-3,6-10H,4-5,11-12H2. The van der Waals surface area contributed by atoms with Crippen LogP contribution in [0.5, 0.6) is 11.6 Å². The number of likely N-dealkylation sites (tertiary alicyclic amines) is 1. The molecule has 4 nitrogen and oxygen atoms in total. The van der Waals surface area contributed by atoms with Gasteiger partial charge < -0.3 is 9.64 Å². The quantitative estimate of drug-likeness (QED) is 0.859. The number of aromatic nitrogens is 1. The molecule has 0 aliphatic carbocycles. The summed E-state index contributed by atoms with van der Waals surface area (Å²) in [5, 5.41) is 0. The Bertz CT molecular complexity index is 592. The number of benzene rings is 1. The molecule has 0 unspecified atom stereocenters. The average Bonchev–Trinajstić information content (AvgIpc) is 3.02. The van der Waals surface area contributed by atoms with E-state index in [0.29, 0.717) is 17.2 Å². The molecule has 0 saturated carbocycles. The molecule has 0 bridgehead atoms. The lowest BCUT2D eigenvalue weighted by Crippen LogP contribution is -2.28. The molecule has 1 aromatic heterocycles. The van der Waals surface area contributed by atoms with Crippen LogP contribution in [-0.4, -0.2) is 28.9 Å². The molecular weight excluding hydrogens is 252 g/mol. The van der Waals surface area contributed by atoms with Crippen molar-refractivity contribution in [3.8, 4) is 11.6 Å². The zero-order chi connectivity index (χ0) is 13.8. The van der Waals surface area contributed by atoms with Crippen LogP contribution in [0.1, 0.15) is 23.2 Å². The number of para-hydroxylation sites is 1. The Morgan fingerprint density at radius 3 is 2.55 bits per heavy atom. The van der Waals surface area contributed by atoms with E-state index in [1.54, 1.807) is 18.3 Å². The molecule has 0 N–H and O–H groups in total. The molecule has 20 heavy (non-hydrogen) atoms. The SMILES string of the molecule is O=C(c1cccnc1Oc1ccccc1)N1CCCC1. The largest absolute Gasteiger partial charge is 0.438 e. The summed E-state index contributed by atoms with van der Waals surface area (Å²) in [5.74, 6) is 1.05. The third-order valence-corrected chi connectivity index (χ3v) is 3.35. The molecule has 0 atom stereocenters. The number of ether oxygens (including phenoxy) is 1. The fraction of sp³-hybridized carbons (Fsp3) is 0.250. The van der Waals surface area contributed by atoms with Crippen molar-refractivity contribution in [2.24, 2.45) is 0 Å². The van der Waals surface area contributed by atoms with Crippen molar-refractivity contribution < 1.29 is 9.53 Å². The van der Waals surface area contributed by atoms with Gasteiger partial charge in [-0.05, 0) is 37.1 Å². The zero-order valence-corrected chi connectivity index (χ0v) is 11.2. The highest BCUT2D eigenvalue weighted by atomic mass is 16.5. The molecule has 1 aliphatic rings. The summed E-state index contributed by atoms with van der Waals surface area (Å²) in [4.78, 5) is 18.5. The molecule has 0 radical (unpaired) electrons. The summed E-state index contributed by atoms with van der Waals surface area (Å²) in [7, 11) is 0. The summed E-state index contributed by atoms with van der Waals surface area (Å²) < 4.78 is 5.73. The maximum Gasteiger partial charge on any atom is 0.259 e. The second-order valence-corrected chi connectivity index (χ2v) is 4.77. The van der Waals surface area contributed by atoms with Gasteiger partial charge in [0.05, 0.1) is 0 Å². The van der Waals surface area contributed by atoms with Crippen molar-refractivity contribution in [1.82, 2.24) is 9.88 Å². The molecule has 2 heterocycles. The van der Waals surface area contributed by atoms with Crippen LogP contribution in [0.15, 0.2) is 48.7 Å². The van der Waals surface area contributed by atoms with E-state index in [-0.39, 0.29) is 5.91 Å². The molecule has 3 rings (SSSR count). The highest BCUT2D eigenvalue weighted by Crippen LogP contribution is 2.24. The van der Waals surface area contributed by atoms with Gasteiger partial charge in [-0.2, -0.15) is 0 Å². The van der Waals surface area contributed by atoms with Crippen molar-refractivity contribution in [3.05, 3.63) is 54.2 Å². The first-order chi connectivity index (χ1) is 9.84. The molecular formula is C16H16N2O2. The van der Waals surface area contributed by atoms with Crippen molar-refractivity contribution in [2.45, 2.75) is 12.8 Å². The maximum atomic E-state index is 12.5. The Morgan fingerprint density at radius 2 is 1.80 bits per heavy atom.